The zero-order valence-corrected chi connectivity index (χ0v) is 16.2. The summed E-state index contributed by atoms with van der Waals surface area (Å²) >= 11 is 1.46. The monoisotopic (exact) mass is 393 g/mol. The van der Waals surface area contributed by atoms with Crippen LogP contribution in [0.4, 0.5) is 5.00 Å². The fourth-order valence-corrected chi connectivity index (χ4v) is 4.75. The quantitative estimate of drug-likeness (QED) is 0.687. The van der Waals surface area contributed by atoms with Gasteiger partial charge in [0.25, 0.3) is 5.91 Å². The van der Waals surface area contributed by atoms with Crippen LogP contribution in [0.15, 0.2) is 28.7 Å². The Bertz CT molecular complexity index is 1170. The Morgan fingerprint density at radius 3 is 3.00 bits per heavy atom. The number of hydrogen-bond acceptors (Lipinski definition) is 6. The van der Waals surface area contributed by atoms with E-state index >= 15 is 0 Å². The number of para-hydroxylation sites is 1. The van der Waals surface area contributed by atoms with Crippen molar-refractivity contribution < 1.29 is 13.9 Å². The maximum absolute atomic E-state index is 12.8. The van der Waals surface area contributed by atoms with E-state index in [1.807, 2.05) is 19.1 Å². The zero-order chi connectivity index (χ0) is 19.7. The molecule has 142 valence electrons. The van der Waals surface area contributed by atoms with Crippen LogP contribution in [0, 0.1) is 16.7 Å². The fraction of sp³-hybridized carbons (Fsp3) is 0.286. The molecule has 0 saturated heterocycles. The van der Waals surface area contributed by atoms with Gasteiger partial charge in [-0.15, -0.1) is 11.3 Å². The molecule has 1 aliphatic rings. The minimum absolute atomic E-state index is 0.122. The molecule has 2 N–H and O–H groups in total. The van der Waals surface area contributed by atoms with Crippen molar-refractivity contribution in [3.63, 3.8) is 0 Å². The topological polar surface area (TPSA) is 99.1 Å². The van der Waals surface area contributed by atoms with E-state index in [9.17, 15) is 10.1 Å². The Balaban J connectivity index is 1.70. The maximum atomic E-state index is 12.8. The number of hydrogen-bond donors (Lipinski definition) is 2. The molecule has 0 fully saturated rings. The molecule has 1 amide bonds. The van der Waals surface area contributed by atoms with E-state index in [1.54, 1.807) is 12.1 Å². The molecule has 0 spiro atoms. The number of nitrogens with one attached hydrogen (secondary N) is 2. The van der Waals surface area contributed by atoms with E-state index in [1.165, 1.54) is 16.2 Å². The van der Waals surface area contributed by atoms with E-state index in [2.05, 4.69) is 11.4 Å². The first kappa shape index (κ1) is 18.3. The largest absolute Gasteiger partial charge is 0.490 e. The molecule has 1 aliphatic carbocycles. The summed E-state index contributed by atoms with van der Waals surface area (Å²) in [6, 6.07) is 9.25. The van der Waals surface area contributed by atoms with Gasteiger partial charge in [-0.3, -0.25) is 10.2 Å². The molecule has 4 rings (SSSR count). The van der Waals surface area contributed by atoms with Gasteiger partial charge >= 0.3 is 0 Å². The summed E-state index contributed by atoms with van der Waals surface area (Å²) in [5.74, 6) is 0.0886. The first-order valence-electron chi connectivity index (χ1n) is 9.22. The van der Waals surface area contributed by atoms with Crippen molar-refractivity contribution in [2.24, 2.45) is 0 Å². The highest BCUT2D eigenvalue weighted by molar-refractivity contribution is 7.16. The summed E-state index contributed by atoms with van der Waals surface area (Å²) in [4.78, 5) is 14.0. The average Bonchev–Trinajstić information content (AvgIpc) is 3.05. The molecule has 6 nitrogen and oxygen atoms in total. The van der Waals surface area contributed by atoms with Crippen LogP contribution in [0.2, 0.25) is 0 Å². The van der Waals surface area contributed by atoms with E-state index in [0.29, 0.717) is 33.9 Å². The molecule has 3 aromatic rings. The predicted molar refractivity (Wildman–Crippen MR) is 107 cm³/mol. The van der Waals surface area contributed by atoms with Crippen molar-refractivity contribution in [1.82, 2.24) is 0 Å². The van der Waals surface area contributed by atoms with Crippen LogP contribution in [0.3, 0.4) is 0 Å². The number of anilines is 1. The van der Waals surface area contributed by atoms with Crippen molar-refractivity contribution in [3.8, 4) is 11.8 Å². The third kappa shape index (κ3) is 3.16. The van der Waals surface area contributed by atoms with E-state index in [-0.39, 0.29) is 11.1 Å². The van der Waals surface area contributed by atoms with E-state index in [0.717, 1.165) is 31.2 Å². The lowest BCUT2D eigenvalue weighted by Crippen LogP contribution is -2.20. The van der Waals surface area contributed by atoms with Crippen LogP contribution in [-0.4, -0.2) is 12.5 Å². The Morgan fingerprint density at radius 2 is 2.21 bits per heavy atom. The van der Waals surface area contributed by atoms with Gasteiger partial charge in [-0.2, -0.15) is 5.26 Å². The van der Waals surface area contributed by atoms with Gasteiger partial charge in [0.1, 0.15) is 16.6 Å². The second kappa shape index (κ2) is 7.49. The van der Waals surface area contributed by atoms with Gasteiger partial charge in [-0.25, -0.2) is 0 Å². The second-order valence-electron chi connectivity index (χ2n) is 6.58. The van der Waals surface area contributed by atoms with Crippen LogP contribution < -0.4 is 15.6 Å². The Morgan fingerprint density at radius 1 is 1.39 bits per heavy atom. The van der Waals surface area contributed by atoms with Gasteiger partial charge < -0.3 is 14.5 Å². The molecule has 0 bridgehead atoms. The first-order valence-corrected chi connectivity index (χ1v) is 10.0. The van der Waals surface area contributed by atoms with Crippen LogP contribution in [0.5, 0.6) is 5.75 Å². The lowest BCUT2D eigenvalue weighted by molar-refractivity contribution is 0.102. The lowest BCUT2D eigenvalue weighted by atomic mass is 9.96. The molecule has 0 aliphatic heterocycles. The van der Waals surface area contributed by atoms with E-state index in [4.69, 9.17) is 14.6 Å². The van der Waals surface area contributed by atoms with Crippen LogP contribution in [0.25, 0.3) is 11.0 Å². The minimum atomic E-state index is -0.451. The van der Waals surface area contributed by atoms with Gasteiger partial charge in [-0.05, 0) is 50.3 Å². The number of thiophene rings is 1. The van der Waals surface area contributed by atoms with Crippen molar-refractivity contribution in [1.29, 1.82) is 10.7 Å². The summed E-state index contributed by atoms with van der Waals surface area (Å²) in [5.41, 5.74) is 1.93. The SMILES string of the molecule is CCOc1cccc2cc(C(=O)Nc3sc4c(c3C#N)CCCC4)c(=N)oc12. The number of nitriles is 1. The Labute approximate surface area is 165 Å². The van der Waals surface area contributed by atoms with E-state index < -0.39 is 5.91 Å². The third-order valence-corrected chi connectivity index (χ3v) is 6.02. The molecule has 2 heterocycles. The summed E-state index contributed by atoms with van der Waals surface area (Å²) in [6.07, 6.45) is 3.99. The second-order valence-corrected chi connectivity index (χ2v) is 7.68. The first-order chi connectivity index (χ1) is 13.6. The Hall–Kier alpha value is -3.11. The van der Waals surface area contributed by atoms with Gasteiger partial charge in [0.2, 0.25) is 5.55 Å². The standard InChI is InChI=1S/C21H19N3O3S/c1-2-26-16-8-5-6-12-10-14(19(23)27-18(12)16)20(25)24-21-15(11-22)13-7-3-4-9-17(13)28-21/h5-6,8,10,23H,2-4,7,9H2,1H3,(H,24,25). The van der Waals surface area contributed by atoms with Gasteiger partial charge in [0.15, 0.2) is 11.3 Å². The van der Waals surface area contributed by atoms with Gasteiger partial charge in [0, 0.05) is 10.3 Å². The highest BCUT2D eigenvalue weighted by Gasteiger charge is 2.23. The highest BCUT2D eigenvalue weighted by Crippen LogP contribution is 2.37. The van der Waals surface area contributed by atoms with Crippen LogP contribution >= 0.6 is 11.3 Å². The van der Waals surface area contributed by atoms with Crippen LogP contribution in [0.1, 0.15) is 46.1 Å². The van der Waals surface area contributed by atoms with Crippen molar-refractivity contribution >= 4 is 33.2 Å². The molecule has 7 heteroatoms. The molecule has 28 heavy (non-hydrogen) atoms. The third-order valence-electron chi connectivity index (χ3n) is 4.81. The molecule has 0 atom stereocenters. The summed E-state index contributed by atoms with van der Waals surface area (Å²) in [5, 5.41) is 21.8. The van der Waals surface area contributed by atoms with Gasteiger partial charge in [0.05, 0.1) is 12.2 Å². The zero-order valence-electron chi connectivity index (χ0n) is 15.4. The summed E-state index contributed by atoms with van der Waals surface area (Å²) in [6.45, 7) is 2.35. The highest BCUT2D eigenvalue weighted by atomic mass is 32.1. The molecule has 0 radical (unpaired) electrons. The summed E-state index contributed by atoms with van der Waals surface area (Å²) in [7, 11) is 0. The molecule has 0 unspecified atom stereocenters. The fourth-order valence-electron chi connectivity index (χ4n) is 3.51. The predicted octanol–water partition coefficient (Wildman–Crippen LogP) is 4.38. The number of amides is 1. The Kier molecular flexibility index (Phi) is 4.88. The smallest absolute Gasteiger partial charge is 0.261 e. The maximum Gasteiger partial charge on any atom is 0.261 e. The van der Waals surface area contributed by atoms with Crippen molar-refractivity contribution in [3.05, 3.63) is 51.4 Å². The number of carbonyl (C=O) groups excluding carboxylic acids is 1. The minimum Gasteiger partial charge on any atom is -0.490 e. The number of nitrogens with zero attached hydrogens (tertiary/aromatic N) is 1. The number of benzene rings is 1. The lowest BCUT2D eigenvalue weighted by Gasteiger charge is -2.09. The molecule has 2 aromatic heterocycles. The molecule has 1 aromatic carbocycles. The number of aryl methyl sites for hydroxylation is 1. The van der Waals surface area contributed by atoms with Crippen LogP contribution in [-0.2, 0) is 12.8 Å². The van der Waals surface area contributed by atoms with Crippen molar-refractivity contribution in [2.75, 3.05) is 11.9 Å². The number of carbonyl (C=O) groups is 1. The average molecular weight is 393 g/mol. The number of fused-ring (bicyclic) bond motifs is 2. The van der Waals surface area contributed by atoms with Gasteiger partial charge in [-0.1, -0.05) is 12.1 Å². The number of ether oxygens (including phenoxy) is 1. The van der Waals surface area contributed by atoms with Crippen molar-refractivity contribution in [2.45, 2.75) is 32.6 Å². The molecular formula is C21H19N3O3S. The molecule has 0 saturated carbocycles. The molecular weight excluding hydrogens is 374 g/mol. The summed E-state index contributed by atoms with van der Waals surface area (Å²) < 4.78 is 11.1. The number of rotatable bonds is 4. The normalized spacial score (nSPS) is 13.0.